The van der Waals surface area contributed by atoms with Crippen molar-refractivity contribution >= 4 is 17.3 Å². The molecule has 0 atom stereocenters. The highest BCUT2D eigenvalue weighted by Gasteiger charge is 2.21. The molecule has 0 aromatic heterocycles. The van der Waals surface area contributed by atoms with Crippen LogP contribution in [-0.2, 0) is 0 Å². The molecule has 0 radical (unpaired) electrons. The Bertz CT molecular complexity index is 752. The fraction of sp³-hybridized carbons (Fsp3) is 0.350. The molecular weight excluding hydrogens is 316 g/mol. The Labute approximate surface area is 147 Å². The first-order valence-corrected chi connectivity index (χ1v) is 8.64. The van der Waals surface area contributed by atoms with Gasteiger partial charge >= 0.3 is 0 Å². The van der Waals surface area contributed by atoms with Crippen molar-refractivity contribution in [1.29, 1.82) is 0 Å². The Balaban J connectivity index is 1.79. The van der Waals surface area contributed by atoms with Crippen molar-refractivity contribution in [2.24, 2.45) is 5.92 Å². The molecule has 1 amide bonds. The molecule has 5 heteroatoms. The fourth-order valence-corrected chi connectivity index (χ4v) is 3.23. The van der Waals surface area contributed by atoms with Gasteiger partial charge < -0.3 is 20.4 Å². The molecule has 132 valence electrons. The van der Waals surface area contributed by atoms with Gasteiger partial charge in [-0.1, -0.05) is 23.8 Å². The quantitative estimate of drug-likeness (QED) is 0.799. The number of aliphatic hydroxyl groups excluding tert-OH is 1. The number of nitrogens with one attached hydrogen (secondary N) is 1. The number of aliphatic hydroxyl groups is 1. The van der Waals surface area contributed by atoms with E-state index >= 15 is 0 Å². The summed E-state index contributed by atoms with van der Waals surface area (Å²) in [6.07, 6.45) is 1.88. The van der Waals surface area contributed by atoms with Crippen molar-refractivity contribution in [3.63, 3.8) is 0 Å². The third-order valence-corrected chi connectivity index (χ3v) is 4.76. The van der Waals surface area contributed by atoms with Gasteiger partial charge in [-0.15, -0.1) is 0 Å². The molecule has 1 aliphatic heterocycles. The Kier molecular flexibility index (Phi) is 5.24. The number of rotatable bonds is 4. The molecule has 1 aliphatic rings. The number of phenolic OH excluding ortho intramolecular Hbond substituents is 1. The van der Waals surface area contributed by atoms with Crippen molar-refractivity contribution in [2.75, 3.05) is 29.9 Å². The third-order valence-electron chi connectivity index (χ3n) is 4.76. The lowest BCUT2D eigenvalue weighted by Gasteiger charge is -2.34. The largest absolute Gasteiger partial charge is 0.507 e. The van der Waals surface area contributed by atoms with E-state index in [1.54, 1.807) is 12.1 Å². The highest BCUT2D eigenvalue weighted by Crippen LogP contribution is 2.30. The third kappa shape index (κ3) is 3.94. The zero-order chi connectivity index (χ0) is 17.8. The molecule has 3 rings (SSSR count). The van der Waals surface area contributed by atoms with Crippen LogP contribution >= 0.6 is 0 Å². The molecule has 2 aromatic rings. The number of piperidine rings is 1. The van der Waals surface area contributed by atoms with Crippen LogP contribution in [0.2, 0.25) is 0 Å². The highest BCUT2D eigenvalue weighted by atomic mass is 16.3. The van der Waals surface area contributed by atoms with Crippen LogP contribution in [0.5, 0.6) is 5.75 Å². The molecule has 1 fully saturated rings. The maximum atomic E-state index is 12.6. The topological polar surface area (TPSA) is 72.8 Å². The molecule has 1 heterocycles. The van der Waals surface area contributed by atoms with Gasteiger partial charge in [0.1, 0.15) is 5.75 Å². The SMILES string of the molecule is Cc1ccc(O)c(C(=O)Nc2ccccc2N2CCC(CO)CC2)c1. The number of hydrogen-bond acceptors (Lipinski definition) is 4. The average Bonchev–Trinajstić information content (AvgIpc) is 2.64. The Hall–Kier alpha value is -2.53. The number of phenols is 1. The van der Waals surface area contributed by atoms with E-state index in [4.69, 9.17) is 0 Å². The first-order valence-electron chi connectivity index (χ1n) is 8.64. The lowest BCUT2D eigenvalue weighted by atomic mass is 9.97. The summed E-state index contributed by atoms with van der Waals surface area (Å²) in [6, 6.07) is 12.7. The minimum atomic E-state index is -0.320. The van der Waals surface area contributed by atoms with Crippen LogP contribution < -0.4 is 10.2 Å². The Morgan fingerprint density at radius 2 is 1.92 bits per heavy atom. The smallest absolute Gasteiger partial charge is 0.259 e. The summed E-state index contributed by atoms with van der Waals surface area (Å²) in [4.78, 5) is 14.8. The molecule has 2 aromatic carbocycles. The second-order valence-electron chi connectivity index (χ2n) is 6.60. The summed E-state index contributed by atoms with van der Waals surface area (Å²) in [6.45, 7) is 3.83. The standard InChI is InChI=1S/C20H24N2O3/c1-14-6-7-19(24)16(12-14)20(25)21-17-4-2-3-5-18(17)22-10-8-15(13-23)9-11-22/h2-7,12,15,23-24H,8-11,13H2,1H3,(H,21,25). The Morgan fingerprint density at radius 1 is 1.20 bits per heavy atom. The van der Waals surface area contributed by atoms with Crippen LogP contribution in [0.15, 0.2) is 42.5 Å². The summed E-state index contributed by atoms with van der Waals surface area (Å²) in [5, 5.41) is 22.2. The fourth-order valence-electron chi connectivity index (χ4n) is 3.23. The monoisotopic (exact) mass is 340 g/mol. The average molecular weight is 340 g/mol. The lowest BCUT2D eigenvalue weighted by Crippen LogP contribution is -2.35. The molecule has 3 N–H and O–H groups in total. The van der Waals surface area contributed by atoms with E-state index in [-0.39, 0.29) is 23.8 Å². The van der Waals surface area contributed by atoms with Crippen LogP contribution in [0.4, 0.5) is 11.4 Å². The van der Waals surface area contributed by atoms with Crippen molar-refractivity contribution in [2.45, 2.75) is 19.8 Å². The molecule has 1 saturated heterocycles. The van der Waals surface area contributed by atoms with E-state index in [9.17, 15) is 15.0 Å². The highest BCUT2D eigenvalue weighted by molar-refractivity contribution is 6.07. The van der Waals surface area contributed by atoms with Crippen LogP contribution in [0.3, 0.4) is 0 Å². The van der Waals surface area contributed by atoms with Crippen LogP contribution in [0, 0.1) is 12.8 Å². The zero-order valence-electron chi connectivity index (χ0n) is 14.4. The van der Waals surface area contributed by atoms with E-state index in [2.05, 4.69) is 10.2 Å². The van der Waals surface area contributed by atoms with E-state index in [1.165, 1.54) is 6.07 Å². The normalized spacial score (nSPS) is 15.2. The molecule has 0 unspecified atom stereocenters. The van der Waals surface area contributed by atoms with Gasteiger partial charge in [-0.2, -0.15) is 0 Å². The second kappa shape index (κ2) is 7.57. The van der Waals surface area contributed by atoms with Crippen LogP contribution in [0.1, 0.15) is 28.8 Å². The van der Waals surface area contributed by atoms with Gasteiger partial charge in [0.25, 0.3) is 5.91 Å². The van der Waals surface area contributed by atoms with E-state index in [1.807, 2.05) is 31.2 Å². The van der Waals surface area contributed by atoms with Crippen LogP contribution in [-0.4, -0.2) is 35.8 Å². The molecule has 0 aliphatic carbocycles. The number of aryl methyl sites for hydroxylation is 1. The predicted molar refractivity (Wildman–Crippen MR) is 99.3 cm³/mol. The number of anilines is 2. The molecule has 0 spiro atoms. The number of hydrogen-bond donors (Lipinski definition) is 3. The van der Waals surface area contributed by atoms with E-state index in [0.29, 0.717) is 5.92 Å². The summed E-state index contributed by atoms with van der Waals surface area (Å²) in [7, 11) is 0. The van der Waals surface area contributed by atoms with Crippen molar-refractivity contribution in [3.8, 4) is 5.75 Å². The van der Waals surface area contributed by atoms with Crippen LogP contribution in [0.25, 0.3) is 0 Å². The summed E-state index contributed by atoms with van der Waals surface area (Å²) < 4.78 is 0. The molecule has 25 heavy (non-hydrogen) atoms. The van der Waals surface area contributed by atoms with E-state index < -0.39 is 0 Å². The van der Waals surface area contributed by atoms with Gasteiger partial charge in [0, 0.05) is 19.7 Å². The van der Waals surface area contributed by atoms with Gasteiger partial charge in [0.15, 0.2) is 0 Å². The maximum absolute atomic E-state index is 12.6. The molecule has 5 nitrogen and oxygen atoms in total. The number of carbonyl (C=O) groups is 1. The molecular formula is C20H24N2O3. The van der Waals surface area contributed by atoms with Gasteiger partial charge in [-0.05, 0) is 49.9 Å². The van der Waals surface area contributed by atoms with Gasteiger partial charge in [0.05, 0.1) is 16.9 Å². The van der Waals surface area contributed by atoms with Gasteiger partial charge in [-0.25, -0.2) is 0 Å². The maximum Gasteiger partial charge on any atom is 0.259 e. The number of para-hydroxylation sites is 2. The predicted octanol–water partition coefficient (Wildman–Crippen LogP) is 3.16. The van der Waals surface area contributed by atoms with E-state index in [0.717, 1.165) is 42.9 Å². The molecule has 0 saturated carbocycles. The summed E-state index contributed by atoms with van der Waals surface area (Å²) in [5.74, 6) is 0.0190. The lowest BCUT2D eigenvalue weighted by molar-refractivity contribution is 0.102. The zero-order valence-corrected chi connectivity index (χ0v) is 14.4. The van der Waals surface area contributed by atoms with Crippen molar-refractivity contribution < 1.29 is 15.0 Å². The first-order chi connectivity index (χ1) is 12.1. The summed E-state index contributed by atoms with van der Waals surface area (Å²) >= 11 is 0. The minimum absolute atomic E-state index is 0.0238. The van der Waals surface area contributed by atoms with Gasteiger partial charge in [-0.3, -0.25) is 4.79 Å². The number of nitrogens with zero attached hydrogens (tertiary/aromatic N) is 1. The number of aromatic hydroxyl groups is 1. The summed E-state index contributed by atoms with van der Waals surface area (Å²) in [5.41, 5.74) is 2.89. The second-order valence-corrected chi connectivity index (χ2v) is 6.60. The number of amides is 1. The number of benzene rings is 2. The molecule has 0 bridgehead atoms. The minimum Gasteiger partial charge on any atom is -0.507 e. The number of carbonyl (C=O) groups excluding carboxylic acids is 1. The Morgan fingerprint density at radius 3 is 2.64 bits per heavy atom. The van der Waals surface area contributed by atoms with Gasteiger partial charge in [0.2, 0.25) is 0 Å². The van der Waals surface area contributed by atoms with Crippen molar-refractivity contribution in [3.05, 3.63) is 53.6 Å². The van der Waals surface area contributed by atoms with Crippen molar-refractivity contribution in [1.82, 2.24) is 0 Å². The first kappa shape index (κ1) is 17.3.